The molecule has 0 saturated carbocycles. The number of aromatic nitrogens is 3. The van der Waals surface area contributed by atoms with Crippen LogP contribution in [0.2, 0.25) is 0 Å². The molecule has 1 unspecified atom stereocenters. The Morgan fingerprint density at radius 1 is 1.44 bits per heavy atom. The van der Waals surface area contributed by atoms with Gasteiger partial charge in [-0.05, 0) is 25.0 Å². The van der Waals surface area contributed by atoms with Crippen molar-refractivity contribution < 1.29 is 14.4 Å². The molecular formula is C15H18N6O4. The summed E-state index contributed by atoms with van der Waals surface area (Å²) in [7, 11) is 1.50. The Morgan fingerprint density at radius 2 is 2.32 bits per heavy atom. The van der Waals surface area contributed by atoms with E-state index in [4.69, 9.17) is 9.47 Å². The Morgan fingerprint density at radius 3 is 3.04 bits per heavy atom. The highest BCUT2D eigenvalue weighted by Crippen LogP contribution is 2.27. The average Bonchev–Trinajstić information content (AvgIpc) is 2.63. The molecular weight excluding hydrogens is 328 g/mol. The Bertz CT molecular complexity index is 751. The van der Waals surface area contributed by atoms with Crippen molar-refractivity contribution in [2.24, 2.45) is 0 Å². The fourth-order valence-electron chi connectivity index (χ4n) is 2.49. The minimum Gasteiger partial charge on any atom is -0.480 e. The molecule has 3 rings (SSSR count). The van der Waals surface area contributed by atoms with Crippen LogP contribution in [-0.2, 0) is 4.74 Å². The molecule has 0 bridgehead atoms. The first-order valence-electron chi connectivity index (χ1n) is 7.79. The van der Waals surface area contributed by atoms with E-state index in [2.05, 4.69) is 25.6 Å². The van der Waals surface area contributed by atoms with Gasteiger partial charge in [-0.2, -0.15) is 4.98 Å². The molecule has 10 nitrogen and oxygen atoms in total. The third-order valence-corrected chi connectivity index (χ3v) is 3.68. The highest BCUT2D eigenvalue weighted by Gasteiger charge is 2.22. The predicted molar refractivity (Wildman–Crippen MR) is 90.2 cm³/mol. The molecule has 3 heterocycles. The summed E-state index contributed by atoms with van der Waals surface area (Å²) in [5.41, 5.74) is 0.375. The Labute approximate surface area is 143 Å². The maximum absolute atomic E-state index is 11.2. The standard InChI is InChI=1S/C15H18N6O4/c1-24-14-11(5-2-6-16-14)19-15-17-8-12(21(22)23)13(20-15)18-10-4-3-7-25-9-10/h2,5-6,8,10H,3-4,7,9H2,1H3,(H2,17,18,19,20). The summed E-state index contributed by atoms with van der Waals surface area (Å²) in [5.74, 6) is 0.733. The topological polar surface area (TPSA) is 124 Å². The monoisotopic (exact) mass is 346 g/mol. The average molecular weight is 346 g/mol. The number of ether oxygens (including phenoxy) is 2. The second kappa shape index (κ2) is 7.71. The van der Waals surface area contributed by atoms with Crippen molar-refractivity contribution in [2.45, 2.75) is 18.9 Å². The molecule has 2 aromatic heterocycles. The van der Waals surface area contributed by atoms with Gasteiger partial charge in [0.2, 0.25) is 17.6 Å². The second-order valence-electron chi connectivity index (χ2n) is 5.43. The van der Waals surface area contributed by atoms with Gasteiger partial charge in [-0.15, -0.1) is 0 Å². The fourth-order valence-corrected chi connectivity index (χ4v) is 2.49. The van der Waals surface area contributed by atoms with E-state index in [0.29, 0.717) is 24.8 Å². The molecule has 0 spiro atoms. The van der Waals surface area contributed by atoms with Gasteiger partial charge in [0.25, 0.3) is 0 Å². The van der Waals surface area contributed by atoms with Gasteiger partial charge in [0.05, 0.1) is 24.7 Å². The lowest BCUT2D eigenvalue weighted by Crippen LogP contribution is -2.30. The van der Waals surface area contributed by atoms with Crippen LogP contribution >= 0.6 is 0 Å². The molecule has 1 saturated heterocycles. The van der Waals surface area contributed by atoms with Crippen LogP contribution < -0.4 is 15.4 Å². The molecule has 0 amide bonds. The van der Waals surface area contributed by atoms with Crippen molar-refractivity contribution in [2.75, 3.05) is 31.0 Å². The van der Waals surface area contributed by atoms with Crippen molar-refractivity contribution >= 4 is 23.1 Å². The SMILES string of the molecule is COc1ncccc1Nc1ncc([N+](=O)[O-])c(NC2CCCOC2)n1. The van der Waals surface area contributed by atoms with E-state index >= 15 is 0 Å². The van der Waals surface area contributed by atoms with Gasteiger partial charge >= 0.3 is 5.69 Å². The summed E-state index contributed by atoms with van der Waals surface area (Å²) in [6, 6.07) is 3.45. The van der Waals surface area contributed by atoms with E-state index in [1.54, 1.807) is 18.3 Å². The van der Waals surface area contributed by atoms with E-state index < -0.39 is 4.92 Å². The van der Waals surface area contributed by atoms with Crippen molar-refractivity contribution in [3.05, 3.63) is 34.6 Å². The molecule has 1 atom stereocenters. The third-order valence-electron chi connectivity index (χ3n) is 3.68. The van der Waals surface area contributed by atoms with E-state index in [0.717, 1.165) is 12.8 Å². The second-order valence-corrected chi connectivity index (χ2v) is 5.43. The molecule has 2 aromatic rings. The fraction of sp³-hybridized carbons (Fsp3) is 0.400. The van der Waals surface area contributed by atoms with Crippen LogP contribution in [-0.4, -0.2) is 46.2 Å². The van der Waals surface area contributed by atoms with Crippen LogP contribution in [0.1, 0.15) is 12.8 Å². The van der Waals surface area contributed by atoms with Gasteiger partial charge in [-0.3, -0.25) is 10.1 Å². The molecule has 1 fully saturated rings. The number of hydrogen-bond donors (Lipinski definition) is 2. The van der Waals surface area contributed by atoms with Crippen LogP contribution in [0.3, 0.4) is 0 Å². The molecule has 0 aliphatic carbocycles. The lowest BCUT2D eigenvalue weighted by atomic mass is 10.1. The first-order chi connectivity index (χ1) is 12.2. The molecule has 1 aliphatic rings. The predicted octanol–water partition coefficient (Wildman–Crippen LogP) is 2.12. The van der Waals surface area contributed by atoms with E-state index in [1.807, 2.05) is 0 Å². The number of methoxy groups -OCH3 is 1. The van der Waals surface area contributed by atoms with Gasteiger partial charge in [-0.1, -0.05) is 0 Å². The van der Waals surface area contributed by atoms with Gasteiger partial charge in [0, 0.05) is 12.8 Å². The highest BCUT2D eigenvalue weighted by molar-refractivity contribution is 5.63. The third kappa shape index (κ3) is 4.10. The number of anilines is 3. The molecule has 10 heteroatoms. The number of pyridine rings is 1. The smallest absolute Gasteiger partial charge is 0.329 e. The first kappa shape index (κ1) is 16.8. The van der Waals surface area contributed by atoms with Gasteiger partial charge in [-0.25, -0.2) is 9.97 Å². The maximum atomic E-state index is 11.2. The van der Waals surface area contributed by atoms with Crippen molar-refractivity contribution in [3.8, 4) is 5.88 Å². The lowest BCUT2D eigenvalue weighted by Gasteiger charge is -2.23. The molecule has 0 radical (unpaired) electrons. The van der Waals surface area contributed by atoms with Crippen LogP contribution in [0.25, 0.3) is 0 Å². The van der Waals surface area contributed by atoms with Crippen molar-refractivity contribution in [1.29, 1.82) is 0 Å². The molecule has 2 N–H and O–H groups in total. The van der Waals surface area contributed by atoms with Gasteiger partial charge in [0.1, 0.15) is 11.9 Å². The van der Waals surface area contributed by atoms with E-state index in [1.165, 1.54) is 13.3 Å². The van der Waals surface area contributed by atoms with E-state index in [9.17, 15) is 10.1 Å². The minimum atomic E-state index is -0.513. The molecule has 25 heavy (non-hydrogen) atoms. The summed E-state index contributed by atoms with van der Waals surface area (Å²) in [4.78, 5) is 23.0. The number of nitrogens with one attached hydrogen (secondary N) is 2. The lowest BCUT2D eigenvalue weighted by molar-refractivity contribution is -0.384. The molecule has 0 aromatic carbocycles. The van der Waals surface area contributed by atoms with Crippen LogP contribution in [0.5, 0.6) is 5.88 Å². The highest BCUT2D eigenvalue weighted by atomic mass is 16.6. The van der Waals surface area contributed by atoms with Crippen LogP contribution in [0.4, 0.5) is 23.1 Å². The number of nitro groups is 1. The summed E-state index contributed by atoms with van der Waals surface area (Å²) in [6.07, 6.45) is 4.52. The summed E-state index contributed by atoms with van der Waals surface area (Å²) in [5, 5.41) is 17.3. The number of hydrogen-bond acceptors (Lipinski definition) is 9. The Hall–Kier alpha value is -3.01. The summed E-state index contributed by atoms with van der Waals surface area (Å²) < 4.78 is 10.6. The first-order valence-corrected chi connectivity index (χ1v) is 7.79. The number of rotatable bonds is 6. The minimum absolute atomic E-state index is 0.0249. The zero-order chi connectivity index (χ0) is 17.6. The Balaban J connectivity index is 1.85. The van der Waals surface area contributed by atoms with Crippen molar-refractivity contribution in [3.63, 3.8) is 0 Å². The largest absolute Gasteiger partial charge is 0.480 e. The van der Waals surface area contributed by atoms with Crippen LogP contribution in [0.15, 0.2) is 24.5 Å². The quantitative estimate of drug-likeness (QED) is 0.597. The summed E-state index contributed by atoms with van der Waals surface area (Å²) in [6.45, 7) is 1.19. The van der Waals surface area contributed by atoms with Gasteiger partial charge in [0.15, 0.2) is 0 Å². The summed E-state index contributed by atoms with van der Waals surface area (Å²) >= 11 is 0. The number of nitrogens with zero attached hydrogens (tertiary/aromatic N) is 4. The Kier molecular flexibility index (Phi) is 5.19. The van der Waals surface area contributed by atoms with Gasteiger partial charge < -0.3 is 20.1 Å². The van der Waals surface area contributed by atoms with Crippen LogP contribution in [0, 0.1) is 10.1 Å². The zero-order valence-electron chi connectivity index (χ0n) is 13.6. The van der Waals surface area contributed by atoms with Crippen molar-refractivity contribution in [1.82, 2.24) is 15.0 Å². The molecule has 1 aliphatic heterocycles. The normalized spacial score (nSPS) is 16.9. The maximum Gasteiger partial charge on any atom is 0.329 e. The molecule has 132 valence electrons. The zero-order valence-corrected chi connectivity index (χ0v) is 13.6. The van der Waals surface area contributed by atoms with E-state index in [-0.39, 0.29) is 23.5 Å².